The van der Waals surface area contributed by atoms with Crippen molar-refractivity contribution in [3.63, 3.8) is 0 Å². The van der Waals surface area contributed by atoms with Gasteiger partial charge in [0, 0.05) is 12.4 Å². The van der Waals surface area contributed by atoms with Crippen LogP contribution in [0.3, 0.4) is 0 Å². The second kappa shape index (κ2) is 5.38. The number of hydrogen-bond donors (Lipinski definition) is 0. The number of fused-ring (bicyclic) bond motifs is 1. The van der Waals surface area contributed by atoms with Crippen LogP contribution < -0.4 is 5.56 Å². The molecule has 0 aliphatic carbocycles. The molecular weight excluding hydrogens is 311 g/mol. The van der Waals surface area contributed by atoms with Crippen LogP contribution in [0.1, 0.15) is 5.56 Å². The molecule has 1 aromatic carbocycles. The topological polar surface area (TPSA) is 73.3 Å². The molecule has 6 nitrogen and oxygen atoms in total. The Morgan fingerprint density at radius 1 is 1.04 bits per heavy atom. The van der Waals surface area contributed by atoms with Crippen LogP contribution in [0.4, 0.5) is 4.39 Å². The summed E-state index contributed by atoms with van der Waals surface area (Å²) in [5.74, 6) is -0.463. The number of aromatic nitrogens is 4. The highest BCUT2D eigenvalue weighted by atomic mass is 19.1. The van der Waals surface area contributed by atoms with E-state index in [-0.39, 0.29) is 28.5 Å². The third kappa shape index (κ3) is 2.26. The SMILES string of the molecule is Cc1ccc2ncc(-c3nnc(-c4ccccc4F)o3)c(=O)n2c1. The second-order valence-electron chi connectivity index (χ2n) is 5.30. The minimum Gasteiger partial charge on any atom is -0.416 e. The molecular formula is C17H11FN4O2. The summed E-state index contributed by atoms with van der Waals surface area (Å²) >= 11 is 0. The van der Waals surface area contributed by atoms with Crippen molar-refractivity contribution in [1.82, 2.24) is 19.6 Å². The third-order valence-electron chi connectivity index (χ3n) is 3.61. The van der Waals surface area contributed by atoms with E-state index in [0.29, 0.717) is 5.65 Å². The highest BCUT2D eigenvalue weighted by Gasteiger charge is 2.17. The van der Waals surface area contributed by atoms with E-state index >= 15 is 0 Å². The van der Waals surface area contributed by atoms with Gasteiger partial charge in [-0.15, -0.1) is 10.2 Å². The van der Waals surface area contributed by atoms with Gasteiger partial charge in [-0.1, -0.05) is 18.2 Å². The first kappa shape index (κ1) is 14.3. The summed E-state index contributed by atoms with van der Waals surface area (Å²) < 4.78 is 20.7. The van der Waals surface area contributed by atoms with Crippen LogP contribution in [0.15, 0.2) is 58.0 Å². The van der Waals surface area contributed by atoms with Crippen molar-refractivity contribution in [2.75, 3.05) is 0 Å². The lowest BCUT2D eigenvalue weighted by Crippen LogP contribution is -2.17. The molecule has 7 heteroatoms. The minimum absolute atomic E-state index is 0.00154. The van der Waals surface area contributed by atoms with Gasteiger partial charge in [0.05, 0.1) is 5.56 Å². The monoisotopic (exact) mass is 322 g/mol. The number of halogens is 1. The van der Waals surface area contributed by atoms with Crippen LogP contribution in [0.5, 0.6) is 0 Å². The summed E-state index contributed by atoms with van der Waals surface area (Å²) in [5.41, 5.74) is 1.45. The maximum atomic E-state index is 13.8. The smallest absolute Gasteiger partial charge is 0.270 e. The molecule has 24 heavy (non-hydrogen) atoms. The summed E-state index contributed by atoms with van der Waals surface area (Å²) in [4.78, 5) is 16.8. The van der Waals surface area contributed by atoms with Crippen LogP contribution in [-0.2, 0) is 0 Å². The summed E-state index contributed by atoms with van der Waals surface area (Å²) in [6, 6.07) is 9.68. The first-order valence-electron chi connectivity index (χ1n) is 7.20. The lowest BCUT2D eigenvalue weighted by atomic mass is 10.2. The fourth-order valence-electron chi connectivity index (χ4n) is 2.40. The Balaban J connectivity index is 1.86. The standard InChI is InChI=1S/C17H11FN4O2/c1-10-6-7-14-19-8-12(17(23)22(14)9-10)16-21-20-15(24-16)11-4-2-3-5-13(11)18/h2-9H,1H3. The van der Waals surface area contributed by atoms with Crippen LogP contribution in [0.25, 0.3) is 28.6 Å². The van der Waals surface area contributed by atoms with Crippen molar-refractivity contribution in [2.24, 2.45) is 0 Å². The van der Waals surface area contributed by atoms with Crippen LogP contribution in [0, 0.1) is 12.7 Å². The summed E-state index contributed by atoms with van der Waals surface area (Å²) in [6.45, 7) is 1.88. The van der Waals surface area contributed by atoms with Gasteiger partial charge >= 0.3 is 0 Å². The number of hydrogen-bond acceptors (Lipinski definition) is 5. The molecule has 0 radical (unpaired) electrons. The number of benzene rings is 1. The maximum Gasteiger partial charge on any atom is 0.270 e. The number of nitrogens with zero attached hydrogens (tertiary/aromatic N) is 4. The van der Waals surface area contributed by atoms with Crippen molar-refractivity contribution in [2.45, 2.75) is 6.92 Å². The zero-order chi connectivity index (χ0) is 16.7. The molecule has 0 aliphatic rings. The molecule has 0 N–H and O–H groups in total. The van der Waals surface area contributed by atoms with Gasteiger partial charge in [0.25, 0.3) is 17.3 Å². The Bertz CT molecular complexity index is 1120. The van der Waals surface area contributed by atoms with E-state index < -0.39 is 5.82 Å². The lowest BCUT2D eigenvalue weighted by Gasteiger charge is -2.02. The van der Waals surface area contributed by atoms with Crippen molar-refractivity contribution >= 4 is 5.65 Å². The van der Waals surface area contributed by atoms with E-state index in [9.17, 15) is 9.18 Å². The molecule has 0 spiro atoms. The van der Waals surface area contributed by atoms with Crippen molar-refractivity contribution in [1.29, 1.82) is 0 Å². The third-order valence-corrected chi connectivity index (χ3v) is 3.61. The second-order valence-corrected chi connectivity index (χ2v) is 5.30. The quantitative estimate of drug-likeness (QED) is 0.567. The fourth-order valence-corrected chi connectivity index (χ4v) is 2.40. The van der Waals surface area contributed by atoms with Crippen LogP contribution in [0.2, 0.25) is 0 Å². The Morgan fingerprint density at radius 3 is 2.58 bits per heavy atom. The zero-order valence-corrected chi connectivity index (χ0v) is 12.6. The van der Waals surface area contributed by atoms with Gasteiger partial charge in [0.15, 0.2) is 0 Å². The summed E-state index contributed by atoms with van der Waals surface area (Å²) in [6.07, 6.45) is 3.06. The molecule has 4 aromatic rings. The molecule has 0 bridgehead atoms. The van der Waals surface area contributed by atoms with Gasteiger partial charge < -0.3 is 4.42 Å². The highest BCUT2D eigenvalue weighted by Crippen LogP contribution is 2.24. The molecule has 4 rings (SSSR count). The molecule has 0 amide bonds. The molecule has 118 valence electrons. The highest BCUT2D eigenvalue weighted by molar-refractivity contribution is 5.58. The van der Waals surface area contributed by atoms with E-state index in [1.54, 1.807) is 24.4 Å². The van der Waals surface area contributed by atoms with Crippen molar-refractivity contribution < 1.29 is 8.81 Å². The summed E-state index contributed by atoms with van der Waals surface area (Å²) in [7, 11) is 0. The van der Waals surface area contributed by atoms with E-state index in [2.05, 4.69) is 15.2 Å². The Labute approximate surface area is 135 Å². The van der Waals surface area contributed by atoms with Gasteiger partial charge in [0.2, 0.25) is 0 Å². The number of pyridine rings is 1. The molecule has 3 heterocycles. The van der Waals surface area contributed by atoms with Gasteiger partial charge in [-0.05, 0) is 30.7 Å². The fraction of sp³-hybridized carbons (Fsp3) is 0.0588. The van der Waals surface area contributed by atoms with E-state index in [4.69, 9.17) is 4.42 Å². The zero-order valence-electron chi connectivity index (χ0n) is 12.6. The molecule has 0 saturated carbocycles. The van der Waals surface area contributed by atoms with Crippen molar-refractivity contribution in [3.8, 4) is 22.9 Å². The predicted molar refractivity (Wildman–Crippen MR) is 84.9 cm³/mol. The molecule has 3 aromatic heterocycles. The molecule has 0 saturated heterocycles. The average Bonchev–Trinajstić information content (AvgIpc) is 3.06. The Kier molecular flexibility index (Phi) is 3.19. The average molecular weight is 322 g/mol. The first-order valence-corrected chi connectivity index (χ1v) is 7.20. The van der Waals surface area contributed by atoms with Gasteiger partial charge in [-0.25, -0.2) is 9.37 Å². The van der Waals surface area contributed by atoms with E-state index in [1.165, 1.54) is 22.7 Å². The van der Waals surface area contributed by atoms with Gasteiger partial charge in [-0.3, -0.25) is 9.20 Å². The molecule has 0 unspecified atom stereocenters. The Hall–Kier alpha value is -3.35. The largest absolute Gasteiger partial charge is 0.416 e. The molecule has 0 fully saturated rings. The minimum atomic E-state index is -0.475. The van der Waals surface area contributed by atoms with Gasteiger partial charge in [0.1, 0.15) is 17.0 Å². The van der Waals surface area contributed by atoms with Crippen LogP contribution in [-0.4, -0.2) is 19.6 Å². The normalized spacial score (nSPS) is 11.1. The Morgan fingerprint density at radius 2 is 1.79 bits per heavy atom. The number of aryl methyl sites for hydroxylation is 1. The van der Waals surface area contributed by atoms with E-state index in [1.807, 2.05) is 13.0 Å². The number of rotatable bonds is 2. The van der Waals surface area contributed by atoms with Gasteiger partial charge in [-0.2, -0.15) is 0 Å². The molecule has 0 aliphatic heterocycles. The molecule has 0 atom stereocenters. The maximum absolute atomic E-state index is 13.8. The van der Waals surface area contributed by atoms with Crippen LogP contribution >= 0.6 is 0 Å². The first-order chi connectivity index (χ1) is 11.6. The predicted octanol–water partition coefficient (Wildman–Crippen LogP) is 2.86. The lowest BCUT2D eigenvalue weighted by molar-refractivity contribution is 0.569. The van der Waals surface area contributed by atoms with Crippen molar-refractivity contribution in [3.05, 3.63) is 70.5 Å². The van der Waals surface area contributed by atoms with E-state index in [0.717, 1.165) is 5.56 Å². The summed E-state index contributed by atoms with van der Waals surface area (Å²) in [5, 5.41) is 7.69.